The molecule has 0 aliphatic carbocycles. The molecular weight excluding hydrogens is 250 g/mol. The lowest BCUT2D eigenvalue weighted by Crippen LogP contribution is -2.12. The third-order valence-electron chi connectivity index (χ3n) is 3.32. The maximum atomic E-state index is 12.4. The lowest BCUT2D eigenvalue weighted by atomic mass is 10.1. The molecule has 0 spiro atoms. The zero-order valence-corrected chi connectivity index (χ0v) is 11.2. The van der Waals surface area contributed by atoms with Crippen LogP contribution in [0.1, 0.15) is 22.8 Å². The first-order valence-corrected chi connectivity index (χ1v) is 6.60. The molecule has 0 fully saturated rings. The molecule has 4 nitrogen and oxygen atoms in total. The van der Waals surface area contributed by atoms with E-state index in [4.69, 9.17) is 0 Å². The van der Waals surface area contributed by atoms with E-state index in [0.29, 0.717) is 5.56 Å². The van der Waals surface area contributed by atoms with Gasteiger partial charge < -0.3 is 5.32 Å². The van der Waals surface area contributed by atoms with Crippen molar-refractivity contribution in [2.24, 2.45) is 0 Å². The number of anilines is 1. The SMILES string of the molecule is CCc1cccc(NC(=O)c2cccc3[nH]ncc23)c1. The van der Waals surface area contributed by atoms with Gasteiger partial charge in [-0.3, -0.25) is 9.89 Å². The number of fused-ring (bicyclic) bond motifs is 1. The average molecular weight is 265 g/mol. The highest BCUT2D eigenvalue weighted by Crippen LogP contribution is 2.18. The standard InChI is InChI=1S/C16H15N3O/c1-2-11-5-3-6-12(9-11)18-16(20)13-7-4-8-15-14(13)10-17-19-15/h3-10H,2H2,1H3,(H,17,19)(H,18,20). The van der Waals surface area contributed by atoms with E-state index in [1.165, 1.54) is 5.56 Å². The van der Waals surface area contributed by atoms with Crippen LogP contribution in [0.2, 0.25) is 0 Å². The topological polar surface area (TPSA) is 57.8 Å². The van der Waals surface area contributed by atoms with E-state index in [1.807, 2.05) is 36.4 Å². The Bertz CT molecular complexity index is 761. The first-order valence-electron chi connectivity index (χ1n) is 6.60. The molecule has 100 valence electrons. The summed E-state index contributed by atoms with van der Waals surface area (Å²) in [5.74, 6) is -0.120. The second kappa shape index (κ2) is 5.17. The Morgan fingerprint density at radius 3 is 2.95 bits per heavy atom. The summed E-state index contributed by atoms with van der Waals surface area (Å²) in [7, 11) is 0. The number of aromatic nitrogens is 2. The minimum Gasteiger partial charge on any atom is -0.322 e. The predicted molar refractivity (Wildman–Crippen MR) is 79.9 cm³/mol. The number of aromatic amines is 1. The number of hydrogen-bond acceptors (Lipinski definition) is 2. The Labute approximate surface area is 116 Å². The maximum Gasteiger partial charge on any atom is 0.256 e. The molecule has 4 heteroatoms. The van der Waals surface area contributed by atoms with Gasteiger partial charge in [-0.25, -0.2) is 0 Å². The summed E-state index contributed by atoms with van der Waals surface area (Å²) in [4.78, 5) is 12.4. The smallest absolute Gasteiger partial charge is 0.256 e. The van der Waals surface area contributed by atoms with Crippen LogP contribution in [0.5, 0.6) is 0 Å². The summed E-state index contributed by atoms with van der Waals surface area (Å²) in [5.41, 5.74) is 3.50. The number of carbonyl (C=O) groups is 1. The van der Waals surface area contributed by atoms with Crippen molar-refractivity contribution in [1.82, 2.24) is 10.2 Å². The van der Waals surface area contributed by atoms with Crippen LogP contribution in [-0.2, 0) is 6.42 Å². The van der Waals surface area contributed by atoms with Gasteiger partial charge >= 0.3 is 0 Å². The van der Waals surface area contributed by atoms with Crippen LogP contribution >= 0.6 is 0 Å². The summed E-state index contributed by atoms with van der Waals surface area (Å²) in [6.07, 6.45) is 2.62. The van der Waals surface area contributed by atoms with E-state index in [2.05, 4.69) is 22.4 Å². The highest BCUT2D eigenvalue weighted by atomic mass is 16.1. The number of rotatable bonds is 3. The Morgan fingerprint density at radius 1 is 1.25 bits per heavy atom. The lowest BCUT2D eigenvalue weighted by Gasteiger charge is -2.07. The first-order chi connectivity index (χ1) is 9.78. The molecule has 0 aliphatic heterocycles. The van der Waals surface area contributed by atoms with Crippen LogP contribution in [0.25, 0.3) is 10.9 Å². The molecular formula is C16H15N3O. The number of amides is 1. The monoisotopic (exact) mass is 265 g/mol. The van der Waals surface area contributed by atoms with Crippen molar-refractivity contribution < 1.29 is 4.79 Å². The molecule has 0 radical (unpaired) electrons. The van der Waals surface area contributed by atoms with E-state index in [9.17, 15) is 4.79 Å². The zero-order chi connectivity index (χ0) is 13.9. The molecule has 0 saturated heterocycles. The molecule has 3 rings (SSSR count). The van der Waals surface area contributed by atoms with Gasteiger partial charge in [-0.2, -0.15) is 5.10 Å². The molecule has 0 unspecified atom stereocenters. The minimum absolute atomic E-state index is 0.120. The molecule has 20 heavy (non-hydrogen) atoms. The number of nitrogens with one attached hydrogen (secondary N) is 2. The second-order valence-corrected chi connectivity index (χ2v) is 4.64. The number of benzene rings is 2. The third kappa shape index (κ3) is 2.28. The molecule has 0 bridgehead atoms. The molecule has 1 amide bonds. The molecule has 0 atom stereocenters. The van der Waals surface area contributed by atoms with Crippen molar-refractivity contribution >= 4 is 22.5 Å². The molecule has 0 aliphatic rings. The molecule has 3 aromatic rings. The molecule has 1 aromatic heterocycles. The van der Waals surface area contributed by atoms with Crippen molar-refractivity contribution in [2.45, 2.75) is 13.3 Å². The van der Waals surface area contributed by atoms with Gasteiger partial charge in [0.15, 0.2) is 0 Å². The van der Waals surface area contributed by atoms with Crippen LogP contribution in [0.4, 0.5) is 5.69 Å². The number of H-pyrrole nitrogens is 1. The Hall–Kier alpha value is -2.62. The van der Waals surface area contributed by atoms with Crippen molar-refractivity contribution in [2.75, 3.05) is 5.32 Å². The Kier molecular flexibility index (Phi) is 3.21. The summed E-state index contributed by atoms with van der Waals surface area (Å²) >= 11 is 0. The zero-order valence-electron chi connectivity index (χ0n) is 11.2. The molecule has 0 saturated carbocycles. The number of aryl methyl sites for hydroxylation is 1. The van der Waals surface area contributed by atoms with Gasteiger partial charge in [0.05, 0.1) is 17.3 Å². The lowest BCUT2D eigenvalue weighted by molar-refractivity contribution is 0.102. The maximum absolute atomic E-state index is 12.4. The van der Waals surface area contributed by atoms with E-state index in [1.54, 1.807) is 12.3 Å². The van der Waals surface area contributed by atoms with Gasteiger partial charge in [-0.1, -0.05) is 25.1 Å². The predicted octanol–water partition coefficient (Wildman–Crippen LogP) is 3.38. The fourth-order valence-electron chi connectivity index (χ4n) is 2.23. The largest absolute Gasteiger partial charge is 0.322 e. The van der Waals surface area contributed by atoms with Gasteiger partial charge in [0.2, 0.25) is 0 Å². The highest BCUT2D eigenvalue weighted by Gasteiger charge is 2.11. The Balaban J connectivity index is 1.91. The van der Waals surface area contributed by atoms with Crippen molar-refractivity contribution in [3.05, 3.63) is 59.8 Å². The number of hydrogen-bond donors (Lipinski definition) is 2. The average Bonchev–Trinajstić information content (AvgIpc) is 2.95. The van der Waals surface area contributed by atoms with Crippen LogP contribution < -0.4 is 5.32 Å². The summed E-state index contributed by atoms with van der Waals surface area (Å²) in [5, 5.41) is 10.6. The number of nitrogens with zero attached hydrogens (tertiary/aromatic N) is 1. The first kappa shape index (κ1) is 12.4. The van der Waals surface area contributed by atoms with Gasteiger partial charge in [0, 0.05) is 11.1 Å². The highest BCUT2D eigenvalue weighted by molar-refractivity contribution is 6.12. The van der Waals surface area contributed by atoms with E-state index < -0.39 is 0 Å². The Morgan fingerprint density at radius 2 is 2.10 bits per heavy atom. The van der Waals surface area contributed by atoms with Gasteiger partial charge in [-0.15, -0.1) is 0 Å². The van der Waals surface area contributed by atoms with Gasteiger partial charge in [-0.05, 0) is 36.2 Å². The van der Waals surface area contributed by atoms with Crippen molar-refractivity contribution in [3.63, 3.8) is 0 Å². The number of carbonyl (C=O) groups excluding carboxylic acids is 1. The molecule has 2 aromatic carbocycles. The molecule has 1 heterocycles. The van der Waals surface area contributed by atoms with Crippen molar-refractivity contribution in [1.29, 1.82) is 0 Å². The van der Waals surface area contributed by atoms with Crippen LogP contribution in [-0.4, -0.2) is 16.1 Å². The summed E-state index contributed by atoms with van der Waals surface area (Å²) < 4.78 is 0. The minimum atomic E-state index is -0.120. The van der Waals surface area contributed by atoms with Crippen molar-refractivity contribution in [3.8, 4) is 0 Å². The third-order valence-corrected chi connectivity index (χ3v) is 3.32. The summed E-state index contributed by atoms with van der Waals surface area (Å²) in [6.45, 7) is 2.09. The van der Waals surface area contributed by atoms with Crippen LogP contribution in [0, 0.1) is 0 Å². The molecule has 2 N–H and O–H groups in total. The van der Waals surface area contributed by atoms with E-state index >= 15 is 0 Å². The van der Waals surface area contributed by atoms with Crippen LogP contribution in [0.3, 0.4) is 0 Å². The fraction of sp³-hybridized carbons (Fsp3) is 0.125. The van der Waals surface area contributed by atoms with Crippen LogP contribution in [0.15, 0.2) is 48.7 Å². The quantitative estimate of drug-likeness (QED) is 0.762. The van der Waals surface area contributed by atoms with E-state index in [0.717, 1.165) is 23.0 Å². The van der Waals surface area contributed by atoms with Gasteiger partial charge in [0.1, 0.15) is 0 Å². The second-order valence-electron chi connectivity index (χ2n) is 4.64. The van der Waals surface area contributed by atoms with Gasteiger partial charge in [0.25, 0.3) is 5.91 Å². The van der Waals surface area contributed by atoms with E-state index in [-0.39, 0.29) is 5.91 Å². The normalized spacial score (nSPS) is 10.7. The fourth-order valence-corrected chi connectivity index (χ4v) is 2.23. The summed E-state index contributed by atoms with van der Waals surface area (Å²) in [6, 6.07) is 13.4.